The van der Waals surface area contributed by atoms with E-state index in [1.165, 1.54) is 23.2 Å². The quantitative estimate of drug-likeness (QED) is 0.698. The van der Waals surface area contributed by atoms with Crippen molar-refractivity contribution >= 4 is 6.47 Å². The third kappa shape index (κ3) is 2.42. The molecule has 83 valence electrons. The van der Waals surface area contributed by atoms with Crippen LogP contribution in [-0.4, -0.2) is 13.1 Å². The number of fused-ring (bicyclic) bond motifs is 1. The van der Waals surface area contributed by atoms with Gasteiger partial charge in [-0.15, -0.1) is 0 Å². The molecule has 0 fully saturated rings. The maximum atomic E-state index is 9.81. The SMILES string of the molecule is O=[C]OCCCCc1ccc2ccocc1-2. The van der Waals surface area contributed by atoms with Gasteiger partial charge in [-0.3, -0.25) is 0 Å². The van der Waals surface area contributed by atoms with E-state index < -0.39 is 0 Å². The monoisotopic (exact) mass is 217 g/mol. The Morgan fingerprint density at radius 1 is 1.25 bits per heavy atom. The summed E-state index contributed by atoms with van der Waals surface area (Å²) in [6.45, 7) is 1.88. The molecule has 0 aromatic carbocycles. The van der Waals surface area contributed by atoms with Crippen LogP contribution >= 0.6 is 0 Å². The highest BCUT2D eigenvalue weighted by molar-refractivity contribution is 5.69. The molecule has 0 unspecified atom stereocenters. The van der Waals surface area contributed by atoms with Crippen LogP contribution in [0.5, 0.6) is 0 Å². The van der Waals surface area contributed by atoms with E-state index in [1.54, 1.807) is 12.5 Å². The Bertz CT molecular complexity index is 419. The summed E-state index contributed by atoms with van der Waals surface area (Å²) in [5.41, 5.74) is 3.67. The van der Waals surface area contributed by atoms with Gasteiger partial charge in [-0.25, -0.2) is 4.79 Å². The van der Waals surface area contributed by atoms with E-state index in [2.05, 4.69) is 16.9 Å². The van der Waals surface area contributed by atoms with E-state index in [0.717, 1.165) is 19.3 Å². The van der Waals surface area contributed by atoms with Crippen LogP contribution in [-0.2, 0) is 16.0 Å². The Hall–Kier alpha value is -1.77. The molecule has 2 rings (SSSR count). The third-order valence-corrected chi connectivity index (χ3v) is 2.63. The number of hydrogen-bond acceptors (Lipinski definition) is 3. The van der Waals surface area contributed by atoms with Crippen molar-refractivity contribution in [1.29, 1.82) is 0 Å². The summed E-state index contributed by atoms with van der Waals surface area (Å²) >= 11 is 0. The minimum atomic E-state index is 0.451. The summed E-state index contributed by atoms with van der Waals surface area (Å²) in [4.78, 5) is 9.81. The average Bonchev–Trinajstić information content (AvgIpc) is 2.73. The van der Waals surface area contributed by atoms with Crippen LogP contribution in [0.4, 0.5) is 0 Å². The van der Waals surface area contributed by atoms with Crippen molar-refractivity contribution in [3.8, 4) is 11.1 Å². The minimum Gasteiger partial charge on any atom is -0.472 e. The maximum Gasteiger partial charge on any atom is 0.417 e. The smallest absolute Gasteiger partial charge is 0.417 e. The molecule has 3 heteroatoms. The standard InChI is InChI=1S/C13H13O3/c14-10-16-7-2-1-3-11-4-5-12-6-8-15-9-13(11)12/h4-6,8-9H,1-3,7H2. The van der Waals surface area contributed by atoms with Gasteiger partial charge in [-0.05, 0) is 36.5 Å². The molecule has 0 aromatic rings. The lowest BCUT2D eigenvalue weighted by Crippen LogP contribution is -1.93. The Kier molecular flexibility index (Phi) is 3.59. The lowest BCUT2D eigenvalue weighted by Gasteiger charge is -2.02. The third-order valence-electron chi connectivity index (χ3n) is 2.63. The number of hydrogen-bond donors (Lipinski definition) is 0. The zero-order chi connectivity index (χ0) is 11.2. The molecule has 0 saturated carbocycles. The first kappa shape index (κ1) is 10.7. The Morgan fingerprint density at radius 2 is 2.19 bits per heavy atom. The van der Waals surface area contributed by atoms with Crippen molar-refractivity contribution in [1.82, 2.24) is 0 Å². The van der Waals surface area contributed by atoms with E-state index in [-0.39, 0.29) is 0 Å². The number of carbonyl (C=O) groups excluding carboxylic acids is 1. The van der Waals surface area contributed by atoms with Crippen molar-refractivity contribution in [3.05, 3.63) is 36.3 Å². The van der Waals surface area contributed by atoms with Gasteiger partial charge in [0, 0.05) is 5.56 Å². The van der Waals surface area contributed by atoms with Gasteiger partial charge < -0.3 is 9.15 Å². The summed E-state index contributed by atoms with van der Waals surface area (Å²) in [6, 6.07) is 6.17. The molecule has 0 N–H and O–H groups in total. The number of unbranched alkanes of at least 4 members (excludes halogenated alkanes) is 1. The second kappa shape index (κ2) is 5.35. The number of rotatable bonds is 6. The van der Waals surface area contributed by atoms with Crippen molar-refractivity contribution in [2.75, 3.05) is 6.61 Å². The summed E-state index contributed by atoms with van der Waals surface area (Å²) in [6.07, 6.45) is 6.30. The summed E-state index contributed by atoms with van der Waals surface area (Å²) in [5, 5.41) is 0. The predicted octanol–water partition coefficient (Wildman–Crippen LogP) is 2.79. The first-order valence-corrected chi connectivity index (χ1v) is 5.34. The van der Waals surface area contributed by atoms with Crippen molar-refractivity contribution < 1.29 is 13.9 Å². The summed E-state index contributed by atoms with van der Waals surface area (Å²) in [7, 11) is 0. The van der Waals surface area contributed by atoms with Crippen LogP contribution in [0.15, 0.2) is 35.1 Å². The van der Waals surface area contributed by atoms with Gasteiger partial charge in [-0.2, -0.15) is 0 Å². The lowest BCUT2D eigenvalue weighted by atomic mass is 10.1. The van der Waals surface area contributed by atoms with Gasteiger partial charge >= 0.3 is 6.47 Å². The van der Waals surface area contributed by atoms with Gasteiger partial charge in [0.1, 0.15) is 0 Å². The molecule has 1 aliphatic heterocycles. The van der Waals surface area contributed by atoms with Gasteiger partial charge in [0.05, 0.1) is 19.1 Å². The molecule has 16 heavy (non-hydrogen) atoms. The van der Waals surface area contributed by atoms with E-state index in [9.17, 15) is 4.79 Å². The van der Waals surface area contributed by atoms with Crippen LogP contribution in [0.2, 0.25) is 0 Å². The Balaban J connectivity index is 1.88. The molecule has 0 aromatic heterocycles. The molecular formula is C13H13O3. The van der Waals surface area contributed by atoms with Crippen molar-refractivity contribution in [2.24, 2.45) is 0 Å². The lowest BCUT2D eigenvalue weighted by molar-refractivity contribution is 0.270. The van der Waals surface area contributed by atoms with Crippen molar-refractivity contribution in [2.45, 2.75) is 19.3 Å². The van der Waals surface area contributed by atoms with Gasteiger partial charge in [0.15, 0.2) is 0 Å². The molecule has 0 spiro atoms. The van der Waals surface area contributed by atoms with Gasteiger partial charge in [0.2, 0.25) is 0 Å². The Morgan fingerprint density at radius 3 is 3.06 bits per heavy atom. The second-order valence-corrected chi connectivity index (χ2v) is 3.67. The van der Waals surface area contributed by atoms with Gasteiger partial charge in [-0.1, -0.05) is 12.1 Å². The Labute approximate surface area is 94.4 Å². The largest absolute Gasteiger partial charge is 0.472 e. The maximum absolute atomic E-state index is 9.81. The predicted molar refractivity (Wildman–Crippen MR) is 59.9 cm³/mol. The molecule has 0 bridgehead atoms. The average molecular weight is 217 g/mol. The van der Waals surface area contributed by atoms with E-state index in [0.29, 0.717) is 6.61 Å². The molecule has 1 aliphatic carbocycles. The first-order chi connectivity index (χ1) is 7.92. The summed E-state index contributed by atoms with van der Waals surface area (Å²) < 4.78 is 9.67. The fraction of sp³-hybridized carbons (Fsp3) is 0.308. The highest BCUT2D eigenvalue weighted by atomic mass is 16.5. The molecule has 0 amide bonds. The van der Waals surface area contributed by atoms with E-state index in [4.69, 9.17) is 4.42 Å². The molecular weight excluding hydrogens is 204 g/mol. The van der Waals surface area contributed by atoms with Crippen LogP contribution in [0.25, 0.3) is 11.1 Å². The van der Waals surface area contributed by atoms with Crippen LogP contribution in [0, 0.1) is 0 Å². The minimum absolute atomic E-state index is 0.451. The highest BCUT2D eigenvalue weighted by Crippen LogP contribution is 2.28. The highest BCUT2D eigenvalue weighted by Gasteiger charge is 2.08. The normalized spacial score (nSPS) is 10.5. The van der Waals surface area contributed by atoms with E-state index in [1.807, 2.05) is 6.07 Å². The van der Waals surface area contributed by atoms with Crippen LogP contribution in [0.1, 0.15) is 18.4 Å². The van der Waals surface area contributed by atoms with Gasteiger partial charge in [0.25, 0.3) is 0 Å². The molecule has 1 radical (unpaired) electrons. The summed E-state index contributed by atoms with van der Waals surface area (Å²) in [5.74, 6) is 0. The second-order valence-electron chi connectivity index (χ2n) is 3.67. The molecule has 0 atom stereocenters. The molecule has 2 aliphatic rings. The molecule has 3 nitrogen and oxygen atoms in total. The number of ether oxygens (including phenoxy) is 1. The topological polar surface area (TPSA) is 39.4 Å². The zero-order valence-corrected chi connectivity index (χ0v) is 8.94. The fourth-order valence-corrected chi connectivity index (χ4v) is 1.81. The van der Waals surface area contributed by atoms with Crippen molar-refractivity contribution in [3.63, 3.8) is 0 Å². The van der Waals surface area contributed by atoms with E-state index >= 15 is 0 Å². The molecule has 1 heterocycles. The fourth-order valence-electron chi connectivity index (χ4n) is 1.81. The molecule has 0 saturated heterocycles. The zero-order valence-electron chi connectivity index (χ0n) is 8.94. The first-order valence-electron chi connectivity index (χ1n) is 5.34. The van der Waals surface area contributed by atoms with Crippen LogP contribution in [0.3, 0.4) is 0 Å². The van der Waals surface area contributed by atoms with Crippen LogP contribution < -0.4 is 0 Å². The number of aryl methyl sites for hydroxylation is 1.